The van der Waals surface area contributed by atoms with E-state index in [1.54, 1.807) is 12.3 Å². The van der Waals surface area contributed by atoms with E-state index in [4.69, 9.17) is 4.74 Å². The molecule has 1 fully saturated rings. The van der Waals surface area contributed by atoms with Gasteiger partial charge < -0.3 is 15.0 Å². The number of hydrogen-bond donors (Lipinski definition) is 1. The van der Waals surface area contributed by atoms with Crippen LogP contribution in [-0.2, 0) is 11.3 Å². The fraction of sp³-hybridized carbons (Fsp3) is 0.294. The van der Waals surface area contributed by atoms with Crippen LogP contribution < -0.4 is 5.32 Å². The molecule has 1 N–H and O–H groups in total. The van der Waals surface area contributed by atoms with E-state index < -0.39 is 0 Å². The van der Waals surface area contributed by atoms with Crippen molar-refractivity contribution in [3.05, 3.63) is 59.8 Å². The fourth-order valence-electron chi connectivity index (χ4n) is 2.44. The Morgan fingerprint density at radius 1 is 1.13 bits per heavy atom. The van der Waals surface area contributed by atoms with Gasteiger partial charge >= 0.3 is 0 Å². The van der Waals surface area contributed by atoms with Crippen molar-refractivity contribution in [2.75, 3.05) is 31.6 Å². The van der Waals surface area contributed by atoms with Gasteiger partial charge in [-0.25, -0.2) is 4.98 Å². The first-order valence-corrected chi connectivity index (χ1v) is 7.44. The summed E-state index contributed by atoms with van der Waals surface area (Å²) >= 11 is 0. The first-order chi connectivity index (χ1) is 10.8. The molecule has 1 aliphatic rings. The average Bonchev–Trinajstić information content (AvgIpc) is 2.61. The molecule has 6 heteroatoms. The summed E-state index contributed by atoms with van der Waals surface area (Å²) in [7, 11) is 0. The molecule has 2 heterocycles. The van der Waals surface area contributed by atoms with Crippen LogP contribution in [-0.4, -0.2) is 42.1 Å². The van der Waals surface area contributed by atoms with Gasteiger partial charge in [0.2, 0.25) is 0 Å². The summed E-state index contributed by atoms with van der Waals surface area (Å²) in [5.41, 5.74) is 1.76. The Morgan fingerprint density at radius 2 is 1.87 bits per heavy atom. The summed E-state index contributed by atoms with van der Waals surface area (Å²) in [4.78, 5) is 18.8. The van der Waals surface area contributed by atoms with E-state index in [1.807, 2.05) is 41.3 Å². The van der Waals surface area contributed by atoms with Crippen molar-refractivity contribution in [2.24, 2.45) is 0 Å². The largest absolute Gasteiger partial charge is 0.378 e. The molecule has 0 radical (unpaired) electrons. The lowest BCUT2D eigenvalue weighted by atomic mass is 10.2. The topological polar surface area (TPSA) is 54.5 Å². The fourth-order valence-corrected chi connectivity index (χ4v) is 2.44. The third-order valence-electron chi connectivity index (χ3n) is 3.64. The Morgan fingerprint density at radius 3 is 2.61 bits per heavy atom. The molecule has 3 rings (SSSR count). The van der Waals surface area contributed by atoms with Crippen molar-refractivity contribution in [2.45, 2.75) is 6.54 Å². The number of benzene rings is 1. The molecule has 0 saturated carbocycles. The molecule has 1 aromatic carbocycles. The van der Waals surface area contributed by atoms with Gasteiger partial charge in [-0.15, -0.1) is 12.4 Å². The first-order valence-electron chi connectivity index (χ1n) is 7.44. The molecule has 1 saturated heterocycles. The van der Waals surface area contributed by atoms with Crippen LogP contribution in [0.1, 0.15) is 15.9 Å². The normalized spacial score (nSPS) is 14.0. The molecule has 0 atom stereocenters. The molecule has 0 unspecified atom stereocenters. The van der Waals surface area contributed by atoms with E-state index in [0.717, 1.165) is 5.56 Å². The Bertz CT molecular complexity index is 631. The van der Waals surface area contributed by atoms with Gasteiger partial charge in [-0.3, -0.25) is 4.79 Å². The number of carbonyl (C=O) groups excluding carboxylic acids is 1. The number of nitrogens with zero attached hydrogens (tertiary/aromatic N) is 2. The summed E-state index contributed by atoms with van der Waals surface area (Å²) in [5.74, 6) is 0.634. The number of ether oxygens (including phenoxy) is 1. The Labute approximate surface area is 142 Å². The quantitative estimate of drug-likeness (QED) is 0.934. The van der Waals surface area contributed by atoms with Gasteiger partial charge in [0, 0.05) is 25.8 Å². The first kappa shape index (κ1) is 17.2. The zero-order valence-corrected chi connectivity index (χ0v) is 13.6. The number of halogens is 1. The van der Waals surface area contributed by atoms with E-state index >= 15 is 0 Å². The minimum atomic E-state index is 0. The highest BCUT2D eigenvalue weighted by atomic mass is 35.5. The van der Waals surface area contributed by atoms with E-state index in [9.17, 15) is 4.79 Å². The predicted octanol–water partition coefficient (Wildman–Crippen LogP) is 2.59. The zero-order valence-electron chi connectivity index (χ0n) is 12.8. The number of pyridine rings is 1. The molecule has 23 heavy (non-hydrogen) atoms. The maximum atomic E-state index is 12.6. The van der Waals surface area contributed by atoms with Crippen LogP contribution in [0.3, 0.4) is 0 Å². The van der Waals surface area contributed by atoms with Gasteiger partial charge in [0.1, 0.15) is 5.82 Å². The molecular formula is C17H20ClN3O2. The maximum Gasteiger partial charge on any atom is 0.257 e. The van der Waals surface area contributed by atoms with E-state index in [1.165, 1.54) is 0 Å². The monoisotopic (exact) mass is 333 g/mol. The Kier molecular flexibility index (Phi) is 6.38. The molecule has 122 valence electrons. The van der Waals surface area contributed by atoms with Crippen LogP contribution >= 0.6 is 12.4 Å². The van der Waals surface area contributed by atoms with Crippen molar-refractivity contribution in [1.29, 1.82) is 0 Å². The lowest BCUT2D eigenvalue weighted by Gasteiger charge is -2.27. The van der Waals surface area contributed by atoms with Crippen LogP contribution in [0.2, 0.25) is 0 Å². The lowest BCUT2D eigenvalue weighted by molar-refractivity contribution is 0.0303. The van der Waals surface area contributed by atoms with Crippen molar-refractivity contribution in [3.63, 3.8) is 0 Å². The number of carbonyl (C=O) groups is 1. The summed E-state index contributed by atoms with van der Waals surface area (Å²) < 4.78 is 5.30. The van der Waals surface area contributed by atoms with Crippen LogP contribution in [0.15, 0.2) is 48.7 Å². The summed E-state index contributed by atoms with van der Waals surface area (Å²) in [6.07, 6.45) is 1.70. The molecular weight excluding hydrogens is 314 g/mol. The minimum absolute atomic E-state index is 0. The SMILES string of the molecule is Cl.O=C(c1cccnc1NCc1ccccc1)N1CCOCC1. The molecule has 1 amide bonds. The summed E-state index contributed by atoms with van der Waals surface area (Å²) in [6, 6.07) is 13.7. The average molecular weight is 334 g/mol. The van der Waals surface area contributed by atoms with Crippen molar-refractivity contribution in [3.8, 4) is 0 Å². The van der Waals surface area contributed by atoms with Gasteiger partial charge in [0.05, 0.1) is 18.8 Å². The maximum absolute atomic E-state index is 12.6. The van der Waals surface area contributed by atoms with Crippen molar-refractivity contribution in [1.82, 2.24) is 9.88 Å². The third-order valence-corrected chi connectivity index (χ3v) is 3.64. The zero-order chi connectivity index (χ0) is 15.2. The van der Waals surface area contributed by atoms with Gasteiger partial charge in [-0.05, 0) is 17.7 Å². The molecule has 1 aromatic heterocycles. The second kappa shape index (κ2) is 8.50. The third kappa shape index (κ3) is 4.43. The van der Waals surface area contributed by atoms with E-state index in [-0.39, 0.29) is 18.3 Å². The van der Waals surface area contributed by atoms with Crippen LogP contribution in [0, 0.1) is 0 Å². The number of amides is 1. The Balaban J connectivity index is 0.00000192. The molecule has 1 aliphatic heterocycles. The molecule has 5 nitrogen and oxygen atoms in total. The lowest BCUT2D eigenvalue weighted by Crippen LogP contribution is -2.41. The second-order valence-electron chi connectivity index (χ2n) is 5.14. The van der Waals surface area contributed by atoms with Crippen LogP contribution in [0.5, 0.6) is 0 Å². The van der Waals surface area contributed by atoms with Gasteiger partial charge in [-0.1, -0.05) is 30.3 Å². The number of hydrogen-bond acceptors (Lipinski definition) is 4. The highest BCUT2D eigenvalue weighted by Crippen LogP contribution is 2.16. The molecule has 2 aromatic rings. The number of anilines is 1. The van der Waals surface area contributed by atoms with Gasteiger partial charge in [0.15, 0.2) is 0 Å². The minimum Gasteiger partial charge on any atom is -0.378 e. The van der Waals surface area contributed by atoms with Gasteiger partial charge in [-0.2, -0.15) is 0 Å². The Hall–Kier alpha value is -2.11. The van der Waals surface area contributed by atoms with E-state index in [0.29, 0.717) is 44.2 Å². The summed E-state index contributed by atoms with van der Waals surface area (Å²) in [6.45, 7) is 3.09. The molecule has 0 spiro atoms. The van der Waals surface area contributed by atoms with E-state index in [2.05, 4.69) is 10.3 Å². The molecule has 0 bridgehead atoms. The van der Waals surface area contributed by atoms with Crippen molar-refractivity contribution < 1.29 is 9.53 Å². The summed E-state index contributed by atoms with van der Waals surface area (Å²) in [5, 5.41) is 3.26. The predicted molar refractivity (Wildman–Crippen MR) is 92.0 cm³/mol. The number of morpholine rings is 1. The van der Waals surface area contributed by atoms with Crippen LogP contribution in [0.25, 0.3) is 0 Å². The number of rotatable bonds is 4. The van der Waals surface area contributed by atoms with Crippen molar-refractivity contribution >= 4 is 24.1 Å². The smallest absolute Gasteiger partial charge is 0.257 e. The highest BCUT2D eigenvalue weighted by Gasteiger charge is 2.21. The number of nitrogens with one attached hydrogen (secondary N) is 1. The standard InChI is InChI=1S/C17H19N3O2.ClH/c21-17(20-9-11-22-12-10-20)15-7-4-8-18-16(15)19-13-14-5-2-1-3-6-14;/h1-8H,9-13H2,(H,18,19);1H. The van der Waals surface area contributed by atoms with Crippen LogP contribution in [0.4, 0.5) is 5.82 Å². The highest BCUT2D eigenvalue weighted by molar-refractivity contribution is 5.98. The molecule has 0 aliphatic carbocycles. The number of aromatic nitrogens is 1. The second-order valence-corrected chi connectivity index (χ2v) is 5.14. The van der Waals surface area contributed by atoms with Gasteiger partial charge in [0.25, 0.3) is 5.91 Å².